The van der Waals surface area contributed by atoms with Gasteiger partial charge in [0.25, 0.3) is 0 Å². The standard InChI is InChI=1S/C17H27BN2O4S/c1-12(19-14-10-11-14)25(21,22)20-15-8-6-13(7-9-15)18-23-16(2,3)17(4,5)24-18/h6-9,12,14,19-20H,10-11H2,1-5H3. The zero-order valence-corrected chi connectivity index (χ0v) is 16.3. The van der Waals surface area contributed by atoms with Gasteiger partial charge in [-0.15, -0.1) is 0 Å². The molecular formula is C17H27BN2O4S. The topological polar surface area (TPSA) is 76.7 Å². The fourth-order valence-electron chi connectivity index (χ4n) is 2.61. The maximum absolute atomic E-state index is 12.4. The van der Waals surface area contributed by atoms with Gasteiger partial charge in [-0.1, -0.05) is 12.1 Å². The van der Waals surface area contributed by atoms with Crippen LogP contribution in [0.2, 0.25) is 0 Å². The van der Waals surface area contributed by atoms with Crippen LogP contribution in [0.5, 0.6) is 0 Å². The fourth-order valence-corrected chi connectivity index (χ4v) is 3.62. The molecule has 1 aliphatic heterocycles. The van der Waals surface area contributed by atoms with E-state index in [0.29, 0.717) is 11.7 Å². The number of hydrogen-bond donors (Lipinski definition) is 2. The molecule has 1 aromatic carbocycles. The first-order valence-corrected chi connectivity index (χ1v) is 10.3. The van der Waals surface area contributed by atoms with Gasteiger partial charge in [0, 0.05) is 11.7 Å². The average Bonchev–Trinajstić information content (AvgIpc) is 3.26. The molecule has 1 aromatic rings. The van der Waals surface area contributed by atoms with Crippen LogP contribution in [-0.2, 0) is 19.3 Å². The highest BCUT2D eigenvalue weighted by Crippen LogP contribution is 2.36. The van der Waals surface area contributed by atoms with Crippen LogP contribution in [0.4, 0.5) is 5.69 Å². The maximum atomic E-state index is 12.4. The van der Waals surface area contributed by atoms with E-state index in [1.807, 2.05) is 39.8 Å². The summed E-state index contributed by atoms with van der Waals surface area (Å²) in [6.45, 7) is 9.68. The predicted octanol–water partition coefficient (Wildman–Crippen LogP) is 1.83. The molecule has 25 heavy (non-hydrogen) atoms. The third kappa shape index (κ3) is 4.02. The van der Waals surface area contributed by atoms with Crippen molar-refractivity contribution in [2.75, 3.05) is 4.72 Å². The molecule has 1 atom stereocenters. The third-order valence-electron chi connectivity index (χ3n) is 5.21. The first-order chi connectivity index (χ1) is 11.5. The van der Waals surface area contributed by atoms with Gasteiger partial charge in [-0.25, -0.2) is 8.42 Å². The van der Waals surface area contributed by atoms with Crippen LogP contribution < -0.4 is 15.5 Å². The van der Waals surface area contributed by atoms with E-state index in [-0.39, 0.29) is 0 Å². The van der Waals surface area contributed by atoms with Crippen LogP contribution in [0.15, 0.2) is 24.3 Å². The first-order valence-electron chi connectivity index (χ1n) is 8.73. The van der Waals surface area contributed by atoms with Gasteiger partial charge >= 0.3 is 7.12 Å². The molecule has 0 spiro atoms. The van der Waals surface area contributed by atoms with E-state index in [0.717, 1.165) is 18.3 Å². The Morgan fingerprint density at radius 2 is 1.60 bits per heavy atom. The number of sulfonamides is 1. The van der Waals surface area contributed by atoms with Crippen molar-refractivity contribution in [3.63, 3.8) is 0 Å². The van der Waals surface area contributed by atoms with E-state index in [1.54, 1.807) is 19.1 Å². The van der Waals surface area contributed by atoms with Gasteiger partial charge in [-0.2, -0.15) is 0 Å². The summed E-state index contributed by atoms with van der Waals surface area (Å²) >= 11 is 0. The molecule has 0 amide bonds. The summed E-state index contributed by atoms with van der Waals surface area (Å²) in [6.07, 6.45) is 2.09. The Kier molecular flexibility index (Phi) is 4.69. The Balaban J connectivity index is 1.66. The number of benzene rings is 1. The minimum Gasteiger partial charge on any atom is -0.399 e. The van der Waals surface area contributed by atoms with Crippen molar-refractivity contribution in [3.8, 4) is 0 Å². The van der Waals surface area contributed by atoms with Crippen molar-refractivity contribution in [3.05, 3.63) is 24.3 Å². The molecule has 138 valence electrons. The summed E-state index contributed by atoms with van der Waals surface area (Å²) in [5.41, 5.74) is 0.597. The highest BCUT2D eigenvalue weighted by Gasteiger charge is 2.51. The molecule has 0 radical (unpaired) electrons. The van der Waals surface area contributed by atoms with Crippen LogP contribution in [0.3, 0.4) is 0 Å². The SMILES string of the molecule is CC(NC1CC1)S(=O)(=O)Nc1ccc(B2OC(C)(C)C(C)(C)O2)cc1. The zero-order valence-electron chi connectivity index (χ0n) is 15.5. The van der Waals surface area contributed by atoms with Crippen molar-refractivity contribution in [1.29, 1.82) is 0 Å². The molecule has 1 unspecified atom stereocenters. The molecule has 1 saturated carbocycles. The predicted molar refractivity (Wildman–Crippen MR) is 100 cm³/mol. The summed E-state index contributed by atoms with van der Waals surface area (Å²) in [5, 5.41) is 2.48. The van der Waals surface area contributed by atoms with E-state index >= 15 is 0 Å². The molecule has 1 aliphatic carbocycles. The largest absolute Gasteiger partial charge is 0.494 e. The van der Waals surface area contributed by atoms with Gasteiger partial charge in [0.05, 0.1) is 11.2 Å². The second-order valence-corrected chi connectivity index (χ2v) is 9.94. The zero-order chi connectivity index (χ0) is 18.5. The maximum Gasteiger partial charge on any atom is 0.494 e. The highest BCUT2D eigenvalue weighted by molar-refractivity contribution is 7.93. The highest BCUT2D eigenvalue weighted by atomic mass is 32.2. The molecule has 1 saturated heterocycles. The summed E-state index contributed by atoms with van der Waals surface area (Å²) in [7, 11) is -3.91. The Labute approximate surface area is 150 Å². The van der Waals surface area contributed by atoms with Crippen molar-refractivity contribution in [2.24, 2.45) is 0 Å². The van der Waals surface area contributed by atoms with Crippen molar-refractivity contribution < 1.29 is 17.7 Å². The van der Waals surface area contributed by atoms with Gasteiger partial charge in [0.2, 0.25) is 10.0 Å². The Morgan fingerprint density at radius 1 is 1.08 bits per heavy atom. The summed E-state index contributed by atoms with van der Waals surface area (Å²) in [4.78, 5) is 0. The second-order valence-electron chi connectivity index (χ2n) is 7.94. The lowest BCUT2D eigenvalue weighted by Gasteiger charge is -2.32. The van der Waals surface area contributed by atoms with E-state index < -0.39 is 33.7 Å². The van der Waals surface area contributed by atoms with Crippen molar-refractivity contribution in [1.82, 2.24) is 5.32 Å². The minimum absolute atomic E-state index is 0.331. The van der Waals surface area contributed by atoms with Crippen LogP contribution in [0.25, 0.3) is 0 Å². The monoisotopic (exact) mass is 366 g/mol. The summed E-state index contributed by atoms with van der Waals surface area (Å²) in [5.74, 6) is 0. The first kappa shape index (κ1) is 18.7. The Hall–Kier alpha value is -1.09. The van der Waals surface area contributed by atoms with Gasteiger partial charge in [0.15, 0.2) is 0 Å². The van der Waals surface area contributed by atoms with E-state index in [9.17, 15) is 8.42 Å². The lowest BCUT2D eigenvalue weighted by molar-refractivity contribution is 0.00578. The quantitative estimate of drug-likeness (QED) is 0.752. The molecule has 8 heteroatoms. The van der Waals surface area contributed by atoms with Gasteiger partial charge in [0.1, 0.15) is 5.37 Å². The Morgan fingerprint density at radius 3 is 2.08 bits per heavy atom. The lowest BCUT2D eigenvalue weighted by Crippen LogP contribution is -2.41. The van der Waals surface area contributed by atoms with Gasteiger partial charge in [-0.05, 0) is 65.1 Å². The summed E-state index contributed by atoms with van der Waals surface area (Å²) in [6, 6.07) is 7.47. The molecule has 0 bridgehead atoms. The number of rotatable bonds is 6. The van der Waals surface area contributed by atoms with Crippen LogP contribution >= 0.6 is 0 Å². The minimum atomic E-state index is -3.46. The third-order valence-corrected chi connectivity index (χ3v) is 6.80. The van der Waals surface area contributed by atoms with E-state index in [1.165, 1.54) is 0 Å². The normalized spacial score (nSPS) is 23.5. The second kappa shape index (κ2) is 6.26. The van der Waals surface area contributed by atoms with Crippen LogP contribution in [0.1, 0.15) is 47.5 Å². The van der Waals surface area contributed by atoms with Gasteiger partial charge < -0.3 is 9.31 Å². The van der Waals surface area contributed by atoms with Gasteiger partial charge in [-0.3, -0.25) is 10.0 Å². The average molecular weight is 366 g/mol. The summed E-state index contributed by atoms with van der Waals surface area (Å²) < 4.78 is 39.4. The van der Waals surface area contributed by atoms with Crippen molar-refractivity contribution in [2.45, 2.75) is 70.1 Å². The fraction of sp³-hybridized carbons (Fsp3) is 0.647. The van der Waals surface area contributed by atoms with Crippen LogP contribution in [-0.4, -0.2) is 38.2 Å². The molecule has 2 N–H and O–H groups in total. The molecule has 3 rings (SSSR count). The Bertz CT molecular complexity index is 714. The molecule has 2 fully saturated rings. The number of anilines is 1. The molecule has 2 aliphatic rings. The molecule has 0 aromatic heterocycles. The van der Waals surface area contributed by atoms with Crippen molar-refractivity contribution >= 4 is 28.3 Å². The number of nitrogens with one attached hydrogen (secondary N) is 2. The molecule has 6 nitrogen and oxygen atoms in total. The van der Waals surface area contributed by atoms with Crippen LogP contribution in [0, 0.1) is 0 Å². The molecule has 1 heterocycles. The smallest absolute Gasteiger partial charge is 0.399 e. The molecular weight excluding hydrogens is 339 g/mol. The lowest BCUT2D eigenvalue weighted by atomic mass is 9.79. The number of hydrogen-bond acceptors (Lipinski definition) is 5. The van der Waals surface area contributed by atoms with E-state index in [2.05, 4.69) is 10.0 Å². The van der Waals surface area contributed by atoms with E-state index in [4.69, 9.17) is 9.31 Å².